The third-order valence-electron chi connectivity index (χ3n) is 2.91. The van der Waals surface area contributed by atoms with Gasteiger partial charge in [0.05, 0.1) is 10.2 Å². The van der Waals surface area contributed by atoms with Crippen molar-refractivity contribution in [2.24, 2.45) is 12.5 Å². The predicted octanol–water partition coefficient (Wildman–Crippen LogP) is 1.68. The maximum absolute atomic E-state index is 11.8. The van der Waals surface area contributed by atoms with E-state index in [-0.39, 0.29) is 23.6 Å². The molecule has 0 spiro atoms. The van der Waals surface area contributed by atoms with Gasteiger partial charge in [-0.1, -0.05) is 13.8 Å². The number of urea groups is 1. The SMILES string of the molecule is Cn1cc(NC(=O)NCC(C)(C)CCO)cc(Br)c1=O. The molecule has 1 aromatic heterocycles. The van der Waals surface area contributed by atoms with E-state index in [1.165, 1.54) is 4.57 Å². The first-order valence-corrected chi connectivity index (χ1v) is 7.06. The quantitative estimate of drug-likeness (QED) is 0.759. The first-order chi connectivity index (χ1) is 9.25. The molecule has 6 nitrogen and oxygen atoms in total. The van der Waals surface area contributed by atoms with Crippen LogP contribution in [0.25, 0.3) is 0 Å². The number of nitrogens with zero attached hydrogens (tertiary/aromatic N) is 1. The normalized spacial score (nSPS) is 11.2. The molecule has 0 saturated carbocycles. The molecule has 0 radical (unpaired) electrons. The number of aromatic nitrogens is 1. The van der Waals surface area contributed by atoms with Gasteiger partial charge in [0.1, 0.15) is 0 Å². The van der Waals surface area contributed by atoms with Crippen molar-refractivity contribution in [1.82, 2.24) is 9.88 Å². The van der Waals surface area contributed by atoms with Crippen molar-refractivity contribution in [2.75, 3.05) is 18.5 Å². The van der Waals surface area contributed by atoms with E-state index in [4.69, 9.17) is 5.11 Å². The molecule has 0 aliphatic heterocycles. The van der Waals surface area contributed by atoms with Gasteiger partial charge in [-0.2, -0.15) is 0 Å². The first-order valence-electron chi connectivity index (χ1n) is 6.27. The Kier molecular flexibility index (Phi) is 5.76. The van der Waals surface area contributed by atoms with Crippen molar-refractivity contribution in [3.05, 3.63) is 27.1 Å². The number of anilines is 1. The fourth-order valence-electron chi connectivity index (χ4n) is 1.63. The van der Waals surface area contributed by atoms with Crippen molar-refractivity contribution in [2.45, 2.75) is 20.3 Å². The molecular formula is C13H20BrN3O3. The van der Waals surface area contributed by atoms with Gasteiger partial charge in [-0.05, 0) is 33.8 Å². The van der Waals surface area contributed by atoms with E-state index in [9.17, 15) is 9.59 Å². The van der Waals surface area contributed by atoms with Gasteiger partial charge in [0.2, 0.25) is 0 Å². The molecular weight excluding hydrogens is 326 g/mol. The molecule has 0 saturated heterocycles. The second-order valence-electron chi connectivity index (χ2n) is 5.44. The number of nitrogens with one attached hydrogen (secondary N) is 2. The Bertz CT molecular complexity index is 514. The summed E-state index contributed by atoms with van der Waals surface area (Å²) in [5, 5.41) is 14.3. The van der Waals surface area contributed by atoms with Crippen LogP contribution in [0.4, 0.5) is 10.5 Å². The molecule has 0 fully saturated rings. The van der Waals surface area contributed by atoms with Crippen LogP contribution in [-0.2, 0) is 7.05 Å². The van der Waals surface area contributed by atoms with Crippen molar-refractivity contribution in [3.63, 3.8) is 0 Å². The van der Waals surface area contributed by atoms with Gasteiger partial charge in [-0.3, -0.25) is 4.79 Å². The van der Waals surface area contributed by atoms with Crippen LogP contribution in [0.5, 0.6) is 0 Å². The molecule has 1 heterocycles. The van der Waals surface area contributed by atoms with E-state index < -0.39 is 0 Å². The lowest BCUT2D eigenvalue weighted by atomic mass is 9.90. The Morgan fingerprint density at radius 2 is 2.15 bits per heavy atom. The van der Waals surface area contributed by atoms with Gasteiger partial charge in [-0.15, -0.1) is 0 Å². The van der Waals surface area contributed by atoms with Crippen LogP contribution in [0.1, 0.15) is 20.3 Å². The molecule has 0 aliphatic carbocycles. The van der Waals surface area contributed by atoms with E-state index in [1.807, 2.05) is 13.8 Å². The van der Waals surface area contributed by atoms with Gasteiger partial charge in [0.15, 0.2) is 0 Å². The first kappa shape index (κ1) is 16.7. The second kappa shape index (κ2) is 6.90. The number of hydrogen-bond acceptors (Lipinski definition) is 3. The summed E-state index contributed by atoms with van der Waals surface area (Å²) in [6, 6.07) is 1.21. The minimum absolute atomic E-state index is 0.0873. The van der Waals surface area contributed by atoms with Crippen LogP contribution >= 0.6 is 15.9 Å². The third-order valence-corrected chi connectivity index (χ3v) is 3.48. The summed E-state index contributed by atoms with van der Waals surface area (Å²) >= 11 is 3.15. The van der Waals surface area contributed by atoms with E-state index in [0.29, 0.717) is 23.1 Å². The average molecular weight is 346 g/mol. The molecule has 7 heteroatoms. The zero-order valence-corrected chi connectivity index (χ0v) is 13.5. The lowest BCUT2D eigenvalue weighted by molar-refractivity contribution is 0.204. The highest BCUT2D eigenvalue weighted by Crippen LogP contribution is 2.18. The van der Waals surface area contributed by atoms with Crippen LogP contribution in [0.2, 0.25) is 0 Å². The Morgan fingerprint density at radius 1 is 1.50 bits per heavy atom. The number of halogens is 1. The van der Waals surface area contributed by atoms with Gasteiger partial charge >= 0.3 is 6.03 Å². The number of rotatable bonds is 5. The highest BCUT2D eigenvalue weighted by Gasteiger charge is 2.18. The van der Waals surface area contributed by atoms with Crippen molar-refractivity contribution in [1.29, 1.82) is 0 Å². The fourth-order valence-corrected chi connectivity index (χ4v) is 2.15. The van der Waals surface area contributed by atoms with Crippen LogP contribution in [-0.4, -0.2) is 28.9 Å². The standard InChI is InChI=1S/C13H20BrN3O3/c1-13(2,4-5-18)8-15-12(20)16-9-6-10(14)11(19)17(3)7-9/h6-7,18H,4-5,8H2,1-3H3,(H2,15,16,20). The minimum atomic E-state index is -0.346. The number of pyridine rings is 1. The van der Waals surface area contributed by atoms with E-state index in [2.05, 4.69) is 26.6 Å². The lowest BCUT2D eigenvalue weighted by Gasteiger charge is -2.23. The molecule has 2 amide bonds. The number of amides is 2. The zero-order chi connectivity index (χ0) is 15.3. The maximum atomic E-state index is 11.8. The highest BCUT2D eigenvalue weighted by molar-refractivity contribution is 9.10. The number of carbonyl (C=O) groups excluding carboxylic acids is 1. The van der Waals surface area contributed by atoms with Gasteiger partial charge in [0, 0.05) is 26.4 Å². The Hall–Kier alpha value is -1.34. The summed E-state index contributed by atoms with van der Waals surface area (Å²) in [4.78, 5) is 23.3. The molecule has 0 bridgehead atoms. The smallest absolute Gasteiger partial charge is 0.319 e. The van der Waals surface area contributed by atoms with Crippen molar-refractivity contribution >= 4 is 27.6 Å². The topological polar surface area (TPSA) is 83.4 Å². The molecule has 1 rings (SSSR count). The third kappa shape index (κ3) is 4.97. The number of carbonyl (C=O) groups is 1. The van der Waals surface area contributed by atoms with Gasteiger partial charge in [-0.25, -0.2) is 4.79 Å². The molecule has 20 heavy (non-hydrogen) atoms. The number of hydrogen-bond donors (Lipinski definition) is 3. The Balaban J connectivity index is 2.61. The summed E-state index contributed by atoms with van der Waals surface area (Å²) in [7, 11) is 1.61. The van der Waals surface area contributed by atoms with Crippen LogP contribution in [0.3, 0.4) is 0 Å². The molecule has 0 unspecified atom stereocenters. The largest absolute Gasteiger partial charge is 0.396 e. The minimum Gasteiger partial charge on any atom is -0.396 e. The monoisotopic (exact) mass is 345 g/mol. The molecule has 0 aliphatic rings. The van der Waals surface area contributed by atoms with Crippen molar-refractivity contribution < 1.29 is 9.90 Å². The number of aliphatic hydroxyl groups is 1. The van der Waals surface area contributed by atoms with Crippen LogP contribution in [0, 0.1) is 5.41 Å². The van der Waals surface area contributed by atoms with E-state index >= 15 is 0 Å². The summed E-state index contributed by atoms with van der Waals surface area (Å²) in [6.45, 7) is 4.47. The number of aliphatic hydroxyl groups excluding tert-OH is 1. The Labute approximate surface area is 126 Å². The molecule has 3 N–H and O–H groups in total. The van der Waals surface area contributed by atoms with Crippen molar-refractivity contribution in [3.8, 4) is 0 Å². The van der Waals surface area contributed by atoms with Gasteiger partial charge < -0.3 is 20.3 Å². The number of aryl methyl sites for hydroxylation is 1. The molecule has 112 valence electrons. The predicted molar refractivity (Wildman–Crippen MR) is 81.9 cm³/mol. The second-order valence-corrected chi connectivity index (χ2v) is 6.29. The summed E-state index contributed by atoms with van der Waals surface area (Å²) in [5.74, 6) is 0. The lowest BCUT2D eigenvalue weighted by Crippen LogP contribution is -2.37. The summed E-state index contributed by atoms with van der Waals surface area (Å²) in [6.07, 6.45) is 2.16. The highest BCUT2D eigenvalue weighted by atomic mass is 79.9. The summed E-state index contributed by atoms with van der Waals surface area (Å²) in [5.41, 5.74) is 0.187. The zero-order valence-electron chi connectivity index (χ0n) is 11.9. The van der Waals surface area contributed by atoms with Crippen LogP contribution in [0.15, 0.2) is 21.5 Å². The van der Waals surface area contributed by atoms with Gasteiger partial charge in [0.25, 0.3) is 5.56 Å². The Morgan fingerprint density at radius 3 is 2.70 bits per heavy atom. The maximum Gasteiger partial charge on any atom is 0.319 e. The van der Waals surface area contributed by atoms with E-state index in [1.54, 1.807) is 19.3 Å². The van der Waals surface area contributed by atoms with Crippen LogP contribution < -0.4 is 16.2 Å². The molecule has 0 aromatic carbocycles. The molecule has 0 atom stereocenters. The fraction of sp³-hybridized carbons (Fsp3) is 0.538. The average Bonchev–Trinajstić information content (AvgIpc) is 2.33. The van der Waals surface area contributed by atoms with E-state index in [0.717, 1.165) is 0 Å². The molecule has 1 aromatic rings. The summed E-state index contributed by atoms with van der Waals surface area (Å²) < 4.78 is 1.77.